The van der Waals surface area contributed by atoms with Crippen LogP contribution >= 0.6 is 11.6 Å². The highest BCUT2D eigenvalue weighted by molar-refractivity contribution is 6.32. The molecule has 0 saturated carbocycles. The Morgan fingerprint density at radius 2 is 1.88 bits per heavy atom. The van der Waals surface area contributed by atoms with Crippen molar-refractivity contribution in [3.63, 3.8) is 0 Å². The van der Waals surface area contributed by atoms with Gasteiger partial charge in [-0.1, -0.05) is 35.9 Å². The molecular weight excluding hydrogens is 348 g/mol. The minimum atomic E-state index is -0.345. The molecule has 0 aliphatic heterocycles. The van der Waals surface area contributed by atoms with Gasteiger partial charge in [-0.3, -0.25) is 4.79 Å². The van der Waals surface area contributed by atoms with Gasteiger partial charge >= 0.3 is 0 Å². The lowest BCUT2D eigenvalue weighted by Gasteiger charge is -2.16. The summed E-state index contributed by atoms with van der Waals surface area (Å²) in [6, 6.07) is 15.5. The molecule has 0 fully saturated rings. The van der Waals surface area contributed by atoms with Gasteiger partial charge in [0.25, 0.3) is 5.56 Å². The van der Waals surface area contributed by atoms with E-state index in [2.05, 4.69) is 40.4 Å². The number of hydrogen-bond acceptors (Lipinski definition) is 4. The molecule has 1 heterocycles. The fraction of sp³-hybridized carbons (Fsp3) is 0.200. The van der Waals surface area contributed by atoms with Crippen LogP contribution in [0.1, 0.15) is 11.1 Å². The molecular formula is C20H21ClN4O. The van der Waals surface area contributed by atoms with E-state index in [-0.39, 0.29) is 10.6 Å². The van der Waals surface area contributed by atoms with E-state index >= 15 is 0 Å². The molecule has 6 heteroatoms. The third kappa shape index (κ3) is 3.73. The number of benzene rings is 2. The SMILES string of the molecule is Cc1cc(N(C)C)ccc1CNc1cnn(-c2ccccc2)c(=O)c1Cl. The van der Waals surface area contributed by atoms with Gasteiger partial charge in [-0.15, -0.1) is 0 Å². The Balaban J connectivity index is 1.81. The summed E-state index contributed by atoms with van der Waals surface area (Å²) in [6.07, 6.45) is 1.58. The number of aromatic nitrogens is 2. The first kappa shape index (κ1) is 18.0. The number of nitrogens with zero attached hydrogens (tertiary/aromatic N) is 3. The third-order valence-electron chi connectivity index (χ3n) is 4.23. The predicted octanol–water partition coefficient (Wildman–Crippen LogP) is 3.87. The molecule has 26 heavy (non-hydrogen) atoms. The highest BCUT2D eigenvalue weighted by Gasteiger charge is 2.11. The number of nitrogens with one attached hydrogen (secondary N) is 1. The van der Waals surface area contributed by atoms with Crippen LogP contribution in [0.15, 0.2) is 59.5 Å². The Labute approximate surface area is 157 Å². The molecule has 0 unspecified atom stereocenters. The molecule has 134 valence electrons. The topological polar surface area (TPSA) is 50.2 Å². The summed E-state index contributed by atoms with van der Waals surface area (Å²) in [5.74, 6) is 0. The zero-order valence-corrected chi connectivity index (χ0v) is 15.8. The monoisotopic (exact) mass is 368 g/mol. The minimum absolute atomic E-state index is 0.131. The Kier molecular flexibility index (Phi) is 5.28. The fourth-order valence-corrected chi connectivity index (χ4v) is 2.85. The number of halogens is 1. The molecule has 0 aliphatic carbocycles. The zero-order valence-electron chi connectivity index (χ0n) is 15.0. The molecule has 5 nitrogen and oxygen atoms in total. The Morgan fingerprint density at radius 1 is 1.15 bits per heavy atom. The number of anilines is 2. The van der Waals surface area contributed by atoms with Crippen molar-refractivity contribution in [2.75, 3.05) is 24.3 Å². The van der Waals surface area contributed by atoms with E-state index in [1.807, 2.05) is 44.4 Å². The number of hydrogen-bond donors (Lipinski definition) is 1. The lowest BCUT2D eigenvalue weighted by molar-refractivity contribution is 0.807. The fourth-order valence-electron chi connectivity index (χ4n) is 2.66. The molecule has 3 rings (SSSR count). The van der Waals surface area contributed by atoms with Gasteiger partial charge < -0.3 is 10.2 Å². The highest BCUT2D eigenvalue weighted by atomic mass is 35.5. The van der Waals surface area contributed by atoms with Crippen molar-refractivity contribution in [2.45, 2.75) is 13.5 Å². The van der Waals surface area contributed by atoms with Crippen LogP contribution in [0.2, 0.25) is 5.02 Å². The number of rotatable bonds is 5. The molecule has 2 aromatic carbocycles. The second-order valence-electron chi connectivity index (χ2n) is 6.28. The lowest BCUT2D eigenvalue weighted by Crippen LogP contribution is -2.22. The summed E-state index contributed by atoms with van der Waals surface area (Å²) in [5, 5.41) is 7.58. The van der Waals surface area contributed by atoms with Gasteiger partial charge in [0, 0.05) is 26.3 Å². The van der Waals surface area contributed by atoms with Gasteiger partial charge in [0.05, 0.1) is 17.6 Å². The van der Waals surface area contributed by atoms with Crippen LogP contribution in [-0.2, 0) is 6.54 Å². The number of para-hydroxylation sites is 1. The smallest absolute Gasteiger partial charge is 0.292 e. The van der Waals surface area contributed by atoms with Gasteiger partial charge in [0.15, 0.2) is 0 Å². The second kappa shape index (κ2) is 7.62. The average molecular weight is 369 g/mol. The highest BCUT2D eigenvalue weighted by Crippen LogP contribution is 2.21. The Morgan fingerprint density at radius 3 is 2.54 bits per heavy atom. The molecule has 0 radical (unpaired) electrons. The maximum atomic E-state index is 12.5. The number of aryl methyl sites for hydroxylation is 1. The zero-order chi connectivity index (χ0) is 18.7. The van der Waals surface area contributed by atoms with Crippen molar-refractivity contribution in [3.8, 4) is 5.69 Å². The maximum Gasteiger partial charge on any atom is 0.292 e. The van der Waals surface area contributed by atoms with Crippen LogP contribution in [0, 0.1) is 6.92 Å². The van der Waals surface area contributed by atoms with Gasteiger partial charge in [-0.25, -0.2) is 0 Å². The Bertz CT molecular complexity index is 967. The van der Waals surface area contributed by atoms with Crippen molar-refractivity contribution in [1.82, 2.24) is 9.78 Å². The van der Waals surface area contributed by atoms with E-state index in [1.54, 1.807) is 6.20 Å². The summed E-state index contributed by atoms with van der Waals surface area (Å²) in [5.41, 5.74) is 4.32. The van der Waals surface area contributed by atoms with Crippen LogP contribution < -0.4 is 15.8 Å². The summed E-state index contributed by atoms with van der Waals surface area (Å²) >= 11 is 6.28. The van der Waals surface area contributed by atoms with Crippen molar-refractivity contribution in [3.05, 3.63) is 81.2 Å². The maximum absolute atomic E-state index is 12.5. The first-order chi connectivity index (χ1) is 12.5. The molecule has 0 aliphatic rings. The van der Waals surface area contributed by atoms with Gasteiger partial charge in [-0.05, 0) is 42.3 Å². The van der Waals surface area contributed by atoms with Crippen molar-refractivity contribution >= 4 is 23.0 Å². The molecule has 3 aromatic rings. The second-order valence-corrected chi connectivity index (χ2v) is 6.66. The van der Waals surface area contributed by atoms with E-state index in [0.29, 0.717) is 17.9 Å². The molecule has 0 spiro atoms. The first-order valence-corrected chi connectivity index (χ1v) is 8.69. The Hall–Kier alpha value is -2.79. The predicted molar refractivity (Wildman–Crippen MR) is 108 cm³/mol. The molecule has 0 saturated heterocycles. The van der Waals surface area contributed by atoms with Gasteiger partial charge in [0.1, 0.15) is 5.02 Å². The summed E-state index contributed by atoms with van der Waals surface area (Å²) in [6.45, 7) is 2.63. The van der Waals surface area contributed by atoms with E-state index in [1.165, 1.54) is 10.2 Å². The molecule has 1 aromatic heterocycles. The van der Waals surface area contributed by atoms with E-state index in [9.17, 15) is 4.79 Å². The van der Waals surface area contributed by atoms with Crippen LogP contribution in [-0.4, -0.2) is 23.9 Å². The van der Waals surface area contributed by atoms with Crippen molar-refractivity contribution in [2.24, 2.45) is 0 Å². The van der Waals surface area contributed by atoms with E-state index < -0.39 is 0 Å². The van der Waals surface area contributed by atoms with Crippen LogP contribution in [0.25, 0.3) is 5.69 Å². The first-order valence-electron chi connectivity index (χ1n) is 8.31. The molecule has 0 atom stereocenters. The lowest BCUT2D eigenvalue weighted by atomic mass is 10.1. The minimum Gasteiger partial charge on any atom is -0.378 e. The summed E-state index contributed by atoms with van der Waals surface area (Å²) < 4.78 is 1.30. The van der Waals surface area contributed by atoms with Gasteiger partial charge in [0.2, 0.25) is 0 Å². The van der Waals surface area contributed by atoms with Crippen LogP contribution in [0.4, 0.5) is 11.4 Å². The average Bonchev–Trinajstić information content (AvgIpc) is 2.64. The van der Waals surface area contributed by atoms with Crippen molar-refractivity contribution in [1.29, 1.82) is 0 Å². The standard InChI is InChI=1S/C20H21ClN4O/c1-14-11-17(24(2)3)10-9-15(14)12-22-18-13-23-25(20(26)19(18)21)16-7-5-4-6-8-16/h4-11,13,22H,12H2,1-3H3. The van der Waals surface area contributed by atoms with Crippen LogP contribution in [0.3, 0.4) is 0 Å². The largest absolute Gasteiger partial charge is 0.378 e. The molecule has 0 bridgehead atoms. The normalized spacial score (nSPS) is 10.6. The molecule has 1 N–H and O–H groups in total. The summed E-state index contributed by atoms with van der Waals surface area (Å²) in [7, 11) is 4.03. The van der Waals surface area contributed by atoms with Crippen LogP contribution in [0.5, 0.6) is 0 Å². The van der Waals surface area contributed by atoms with E-state index in [4.69, 9.17) is 11.6 Å². The summed E-state index contributed by atoms with van der Waals surface area (Å²) in [4.78, 5) is 14.6. The molecule has 0 amide bonds. The third-order valence-corrected chi connectivity index (χ3v) is 4.60. The van der Waals surface area contributed by atoms with Gasteiger partial charge in [-0.2, -0.15) is 9.78 Å². The van der Waals surface area contributed by atoms with E-state index in [0.717, 1.165) is 11.3 Å². The van der Waals surface area contributed by atoms with Crippen molar-refractivity contribution < 1.29 is 0 Å². The quantitative estimate of drug-likeness (QED) is 0.742.